The van der Waals surface area contributed by atoms with Gasteiger partial charge in [0.05, 0.1) is 22.6 Å². The molecule has 0 radical (unpaired) electrons. The number of aromatic nitrogens is 3. The molecule has 0 spiro atoms. The number of amides is 1. The number of carbonyl (C=O) groups excluding carboxylic acids is 1. The van der Waals surface area contributed by atoms with Crippen LogP contribution in [0.3, 0.4) is 0 Å². The molecule has 5 heterocycles. The Labute approximate surface area is 176 Å². The molecule has 0 fully saturated rings. The summed E-state index contributed by atoms with van der Waals surface area (Å²) in [5, 5.41) is 17.7. The summed E-state index contributed by atoms with van der Waals surface area (Å²) in [5.41, 5.74) is 0.927. The number of hydrazone groups is 1. The number of nitrogens with zero attached hydrogens (tertiary/aromatic N) is 5. The van der Waals surface area contributed by atoms with Crippen LogP contribution in [0.1, 0.15) is 48.2 Å². The van der Waals surface area contributed by atoms with Gasteiger partial charge >= 0.3 is 0 Å². The van der Waals surface area contributed by atoms with Crippen molar-refractivity contribution in [3.05, 3.63) is 52.4 Å². The van der Waals surface area contributed by atoms with Crippen molar-refractivity contribution in [2.75, 3.05) is 5.75 Å². The SMILES string of the molecule is O=C(CSc1nnc2n1CCCCC2)N1N=C(c2cccs2)CC1c1ccco1. The number of carbonyl (C=O) groups is 1. The van der Waals surface area contributed by atoms with Crippen LogP contribution in [0.4, 0.5) is 0 Å². The summed E-state index contributed by atoms with van der Waals surface area (Å²) in [6.45, 7) is 0.929. The standard InChI is InChI=1S/C20H21N5O2S2/c26-19(13-29-20-22-21-18-8-2-1-3-9-24(18)20)25-15(16-6-4-10-27-16)12-14(23-25)17-7-5-11-28-17/h4-7,10-11,15H,1-3,8-9,12-13H2. The van der Waals surface area contributed by atoms with Gasteiger partial charge in [0.25, 0.3) is 5.91 Å². The third-order valence-electron chi connectivity index (χ3n) is 5.24. The van der Waals surface area contributed by atoms with Gasteiger partial charge in [-0.3, -0.25) is 4.79 Å². The molecule has 0 saturated carbocycles. The van der Waals surface area contributed by atoms with Crippen LogP contribution in [0.15, 0.2) is 50.6 Å². The fourth-order valence-corrected chi connectivity index (χ4v) is 5.35. The Morgan fingerprint density at radius 1 is 1.24 bits per heavy atom. The van der Waals surface area contributed by atoms with Gasteiger partial charge in [0, 0.05) is 19.4 Å². The monoisotopic (exact) mass is 427 g/mol. The van der Waals surface area contributed by atoms with Crippen molar-refractivity contribution in [2.45, 2.75) is 49.8 Å². The Balaban J connectivity index is 1.34. The van der Waals surface area contributed by atoms with Crippen LogP contribution in [0.5, 0.6) is 0 Å². The maximum Gasteiger partial charge on any atom is 0.253 e. The third-order valence-corrected chi connectivity index (χ3v) is 7.11. The lowest BCUT2D eigenvalue weighted by atomic mass is 10.1. The molecule has 1 unspecified atom stereocenters. The fourth-order valence-electron chi connectivity index (χ4n) is 3.79. The number of furan rings is 1. The number of hydrogen-bond acceptors (Lipinski definition) is 7. The molecule has 5 rings (SSSR count). The van der Waals surface area contributed by atoms with Crippen molar-refractivity contribution in [1.82, 2.24) is 19.8 Å². The highest BCUT2D eigenvalue weighted by atomic mass is 32.2. The van der Waals surface area contributed by atoms with Gasteiger partial charge in [-0.1, -0.05) is 24.2 Å². The zero-order valence-corrected chi connectivity index (χ0v) is 17.5. The molecule has 3 aromatic heterocycles. The Morgan fingerprint density at radius 2 is 2.21 bits per heavy atom. The molecule has 2 aliphatic rings. The molecule has 3 aromatic rings. The van der Waals surface area contributed by atoms with E-state index in [1.165, 1.54) is 18.2 Å². The number of thioether (sulfide) groups is 1. The molecule has 0 bridgehead atoms. The molecule has 7 nitrogen and oxygen atoms in total. The molecular weight excluding hydrogens is 406 g/mol. The van der Waals surface area contributed by atoms with Gasteiger partial charge in [-0.15, -0.1) is 21.5 Å². The summed E-state index contributed by atoms with van der Waals surface area (Å²) in [6.07, 6.45) is 6.76. The summed E-state index contributed by atoms with van der Waals surface area (Å²) in [7, 11) is 0. The highest BCUT2D eigenvalue weighted by Crippen LogP contribution is 2.35. The summed E-state index contributed by atoms with van der Waals surface area (Å²) >= 11 is 3.08. The van der Waals surface area contributed by atoms with Crippen LogP contribution in [0.2, 0.25) is 0 Å². The average molecular weight is 428 g/mol. The van der Waals surface area contributed by atoms with E-state index >= 15 is 0 Å². The maximum absolute atomic E-state index is 13.1. The van der Waals surface area contributed by atoms with Gasteiger partial charge in [-0.05, 0) is 36.4 Å². The average Bonchev–Trinajstić information content (AvgIpc) is 3.51. The number of aryl methyl sites for hydroxylation is 1. The fraction of sp³-hybridized carbons (Fsp3) is 0.400. The summed E-state index contributed by atoms with van der Waals surface area (Å²) in [6, 6.07) is 7.59. The van der Waals surface area contributed by atoms with E-state index in [0.29, 0.717) is 6.42 Å². The van der Waals surface area contributed by atoms with Crippen molar-refractivity contribution < 1.29 is 9.21 Å². The summed E-state index contributed by atoms with van der Waals surface area (Å²) in [5.74, 6) is 2.02. The molecule has 0 aromatic carbocycles. The van der Waals surface area contributed by atoms with Gasteiger partial charge < -0.3 is 8.98 Å². The molecule has 0 saturated heterocycles. The molecule has 150 valence electrons. The largest absolute Gasteiger partial charge is 0.467 e. The predicted octanol–water partition coefficient (Wildman–Crippen LogP) is 4.13. The second-order valence-electron chi connectivity index (χ2n) is 7.15. The number of rotatable bonds is 5. The first-order valence-electron chi connectivity index (χ1n) is 9.81. The molecule has 2 aliphatic heterocycles. The van der Waals surface area contributed by atoms with E-state index < -0.39 is 0 Å². The predicted molar refractivity (Wildman–Crippen MR) is 112 cm³/mol. The van der Waals surface area contributed by atoms with Gasteiger partial charge in [0.1, 0.15) is 17.6 Å². The van der Waals surface area contributed by atoms with Gasteiger partial charge in [0.15, 0.2) is 5.16 Å². The van der Waals surface area contributed by atoms with Crippen molar-refractivity contribution in [3.63, 3.8) is 0 Å². The lowest BCUT2D eigenvalue weighted by molar-refractivity contribution is -0.130. The van der Waals surface area contributed by atoms with Crippen molar-refractivity contribution in [2.24, 2.45) is 5.10 Å². The quantitative estimate of drug-likeness (QED) is 0.572. The van der Waals surface area contributed by atoms with E-state index in [1.54, 1.807) is 22.6 Å². The van der Waals surface area contributed by atoms with E-state index in [2.05, 4.69) is 19.9 Å². The number of thiophene rings is 1. The first kappa shape index (κ1) is 18.6. The van der Waals surface area contributed by atoms with Crippen molar-refractivity contribution >= 4 is 34.7 Å². The Bertz CT molecular complexity index is 1010. The lowest BCUT2D eigenvalue weighted by Gasteiger charge is -2.19. The molecule has 29 heavy (non-hydrogen) atoms. The minimum atomic E-state index is -0.203. The highest BCUT2D eigenvalue weighted by molar-refractivity contribution is 7.99. The van der Waals surface area contributed by atoms with E-state index in [-0.39, 0.29) is 17.7 Å². The second kappa shape index (κ2) is 8.16. The minimum absolute atomic E-state index is 0.0473. The zero-order chi connectivity index (χ0) is 19.6. The summed E-state index contributed by atoms with van der Waals surface area (Å²) < 4.78 is 7.77. The topological polar surface area (TPSA) is 76.5 Å². The number of hydrogen-bond donors (Lipinski definition) is 0. The van der Waals surface area contributed by atoms with Crippen LogP contribution in [0.25, 0.3) is 0 Å². The first-order valence-corrected chi connectivity index (χ1v) is 11.7. The van der Waals surface area contributed by atoms with E-state index in [9.17, 15) is 4.79 Å². The molecule has 0 N–H and O–H groups in total. The molecular formula is C20H21N5O2S2. The van der Waals surface area contributed by atoms with Gasteiger partial charge in [0.2, 0.25) is 0 Å². The lowest BCUT2D eigenvalue weighted by Crippen LogP contribution is -2.28. The van der Waals surface area contributed by atoms with Crippen LogP contribution in [-0.2, 0) is 17.8 Å². The molecule has 1 atom stereocenters. The first-order chi connectivity index (χ1) is 14.3. The molecule has 0 aliphatic carbocycles. The van der Waals surface area contributed by atoms with Crippen LogP contribution >= 0.6 is 23.1 Å². The van der Waals surface area contributed by atoms with E-state index in [1.807, 2.05) is 29.6 Å². The second-order valence-corrected chi connectivity index (χ2v) is 9.04. The van der Waals surface area contributed by atoms with Crippen molar-refractivity contribution in [3.8, 4) is 0 Å². The molecule has 9 heteroatoms. The van der Waals surface area contributed by atoms with Crippen molar-refractivity contribution in [1.29, 1.82) is 0 Å². The highest BCUT2D eigenvalue weighted by Gasteiger charge is 2.35. The molecule has 1 amide bonds. The van der Waals surface area contributed by atoms with E-state index in [4.69, 9.17) is 4.42 Å². The normalized spacial score (nSPS) is 19.1. The van der Waals surface area contributed by atoms with Gasteiger partial charge in [-0.2, -0.15) is 5.10 Å². The zero-order valence-electron chi connectivity index (χ0n) is 15.9. The van der Waals surface area contributed by atoms with Crippen LogP contribution in [0, 0.1) is 0 Å². The smallest absolute Gasteiger partial charge is 0.253 e. The van der Waals surface area contributed by atoms with Crippen LogP contribution in [-0.4, -0.2) is 37.1 Å². The Hall–Kier alpha value is -2.39. The Morgan fingerprint density at radius 3 is 3.03 bits per heavy atom. The van der Waals surface area contributed by atoms with E-state index in [0.717, 1.165) is 53.1 Å². The summed E-state index contributed by atoms with van der Waals surface area (Å²) in [4.78, 5) is 14.2. The third kappa shape index (κ3) is 3.76. The van der Waals surface area contributed by atoms with Crippen LogP contribution < -0.4 is 0 Å². The maximum atomic E-state index is 13.1. The van der Waals surface area contributed by atoms with Gasteiger partial charge in [-0.25, -0.2) is 5.01 Å². The minimum Gasteiger partial charge on any atom is -0.467 e. The number of fused-ring (bicyclic) bond motifs is 1. The Kier molecular flexibility index (Phi) is 5.24.